The maximum Gasteiger partial charge on any atom is 0.416 e. The van der Waals surface area contributed by atoms with Crippen molar-refractivity contribution in [1.29, 1.82) is 0 Å². The van der Waals surface area contributed by atoms with Gasteiger partial charge in [0.1, 0.15) is 11.9 Å². The van der Waals surface area contributed by atoms with E-state index in [0.717, 1.165) is 37.5 Å². The van der Waals surface area contributed by atoms with Crippen LogP contribution in [0.2, 0.25) is 0 Å². The third-order valence-corrected chi connectivity index (χ3v) is 8.35. The van der Waals surface area contributed by atoms with Crippen LogP contribution in [0.4, 0.5) is 17.6 Å². The number of primary amides is 1. The topological polar surface area (TPSA) is 84.7 Å². The second-order valence-electron chi connectivity index (χ2n) is 10.5. The molecule has 4 bridgehead atoms. The Morgan fingerprint density at radius 2 is 1.88 bits per heavy atom. The highest BCUT2D eigenvalue weighted by atomic mass is 19.4. The van der Waals surface area contributed by atoms with Gasteiger partial charge in [0, 0.05) is 36.7 Å². The molecule has 186 valence electrons. The molecule has 0 spiro atoms. The molecule has 0 aromatic heterocycles. The quantitative estimate of drug-likeness (QED) is 0.631. The molecule has 4 saturated carbocycles. The summed E-state index contributed by atoms with van der Waals surface area (Å²) < 4.78 is 60.0. The van der Waals surface area contributed by atoms with Crippen molar-refractivity contribution in [3.63, 3.8) is 0 Å². The van der Waals surface area contributed by atoms with Gasteiger partial charge in [-0.1, -0.05) is 6.07 Å². The van der Waals surface area contributed by atoms with E-state index >= 15 is 0 Å². The number of hydrogen-bond donors (Lipinski definition) is 2. The number of rotatable bonds is 5. The summed E-state index contributed by atoms with van der Waals surface area (Å²) in [6, 6.07) is 2.87. The summed E-state index contributed by atoms with van der Waals surface area (Å²) in [5.74, 6) is -0.623. The normalized spacial score (nSPS) is 35.4. The third kappa shape index (κ3) is 4.19. The minimum atomic E-state index is -4.66. The maximum atomic E-state index is 14.3. The third-order valence-electron chi connectivity index (χ3n) is 8.35. The van der Waals surface area contributed by atoms with Gasteiger partial charge in [-0.2, -0.15) is 13.2 Å². The van der Waals surface area contributed by atoms with E-state index in [0.29, 0.717) is 25.3 Å². The van der Waals surface area contributed by atoms with Crippen molar-refractivity contribution in [3.8, 4) is 0 Å². The Morgan fingerprint density at radius 1 is 1.18 bits per heavy atom. The number of hydrogen-bond acceptors (Lipinski definition) is 4. The molecular weight excluding hydrogens is 454 g/mol. The van der Waals surface area contributed by atoms with Crippen LogP contribution in [0.25, 0.3) is 0 Å². The number of nitrogens with two attached hydrogens (primary N) is 1. The van der Waals surface area contributed by atoms with E-state index < -0.39 is 34.6 Å². The zero-order chi connectivity index (χ0) is 24.3. The molecule has 5 fully saturated rings. The lowest BCUT2D eigenvalue weighted by Gasteiger charge is -2.59. The SMILES string of the molecule is NC(=O)C12CC3CC(C1)C(NC(=O)[C@H]1CN(Cc4c(F)cccc4C(F)(F)F)CCO1)C(C3)C2. The molecule has 3 N–H and O–H groups in total. The molecule has 2 amide bonds. The number of benzene rings is 1. The van der Waals surface area contributed by atoms with E-state index in [1.165, 1.54) is 0 Å². The van der Waals surface area contributed by atoms with Gasteiger partial charge in [-0.25, -0.2) is 4.39 Å². The lowest BCUT2D eigenvalue weighted by molar-refractivity contribution is -0.151. The summed E-state index contributed by atoms with van der Waals surface area (Å²) in [4.78, 5) is 26.8. The smallest absolute Gasteiger partial charge is 0.369 e. The van der Waals surface area contributed by atoms with Crippen molar-refractivity contribution in [3.05, 3.63) is 35.1 Å². The van der Waals surface area contributed by atoms with Gasteiger partial charge in [0.25, 0.3) is 5.91 Å². The van der Waals surface area contributed by atoms with E-state index in [-0.39, 0.29) is 49.4 Å². The second-order valence-corrected chi connectivity index (χ2v) is 10.5. The molecule has 6 nitrogen and oxygen atoms in total. The van der Waals surface area contributed by atoms with Crippen LogP contribution in [-0.2, 0) is 27.0 Å². The molecule has 4 aliphatic carbocycles. The fraction of sp³-hybridized carbons (Fsp3) is 0.667. The minimum absolute atomic E-state index is 0.0566. The van der Waals surface area contributed by atoms with Crippen LogP contribution in [0.15, 0.2) is 18.2 Å². The highest BCUT2D eigenvalue weighted by molar-refractivity contribution is 5.83. The number of alkyl halides is 3. The predicted molar refractivity (Wildman–Crippen MR) is 114 cm³/mol. The minimum Gasteiger partial charge on any atom is -0.369 e. The number of ether oxygens (including phenoxy) is 1. The number of carbonyl (C=O) groups excluding carboxylic acids is 2. The molecule has 1 aliphatic heterocycles. The number of amides is 2. The van der Waals surface area contributed by atoms with Crippen molar-refractivity contribution >= 4 is 11.8 Å². The Kier molecular flexibility index (Phi) is 5.87. The number of halogens is 4. The van der Waals surface area contributed by atoms with Gasteiger partial charge in [-0.3, -0.25) is 14.5 Å². The van der Waals surface area contributed by atoms with E-state index in [4.69, 9.17) is 10.5 Å². The van der Waals surface area contributed by atoms with E-state index in [1.807, 2.05) is 0 Å². The first-order valence-corrected chi connectivity index (χ1v) is 11.8. The fourth-order valence-electron chi connectivity index (χ4n) is 7.03. The van der Waals surface area contributed by atoms with Crippen molar-refractivity contribution in [2.75, 3.05) is 19.7 Å². The van der Waals surface area contributed by atoms with Crippen LogP contribution in [0.3, 0.4) is 0 Å². The van der Waals surface area contributed by atoms with Crippen LogP contribution in [-0.4, -0.2) is 48.6 Å². The first-order chi connectivity index (χ1) is 16.1. The highest BCUT2D eigenvalue weighted by Crippen LogP contribution is 2.59. The molecular formula is C24H29F4N3O3. The largest absolute Gasteiger partial charge is 0.416 e. The molecule has 3 atom stereocenters. The van der Waals surface area contributed by atoms with E-state index in [1.54, 1.807) is 4.90 Å². The van der Waals surface area contributed by atoms with Crippen LogP contribution >= 0.6 is 0 Å². The highest BCUT2D eigenvalue weighted by Gasteiger charge is 2.58. The molecule has 0 radical (unpaired) electrons. The van der Waals surface area contributed by atoms with E-state index in [2.05, 4.69) is 5.32 Å². The van der Waals surface area contributed by atoms with E-state index in [9.17, 15) is 27.2 Å². The molecule has 34 heavy (non-hydrogen) atoms. The van der Waals surface area contributed by atoms with Crippen molar-refractivity contribution < 1.29 is 31.9 Å². The molecule has 10 heteroatoms. The van der Waals surface area contributed by atoms with Gasteiger partial charge >= 0.3 is 6.18 Å². The summed E-state index contributed by atoms with van der Waals surface area (Å²) in [6.07, 6.45) is -1.38. The molecule has 1 heterocycles. The Balaban J connectivity index is 1.24. The summed E-state index contributed by atoms with van der Waals surface area (Å²) in [7, 11) is 0. The van der Waals surface area contributed by atoms with Gasteiger partial charge in [-0.05, 0) is 62.0 Å². The Hall–Kier alpha value is -2.20. The number of nitrogens with one attached hydrogen (secondary N) is 1. The zero-order valence-electron chi connectivity index (χ0n) is 18.7. The molecule has 1 aromatic carbocycles. The standard InChI is InChI=1S/C24H29F4N3O3/c25-18-3-1-2-17(24(26,27)28)16(18)11-31-4-5-34-19(12-31)21(32)30-20-14-6-13-7-15(20)10-23(8-13,9-14)22(29)33/h1-3,13-15,19-20H,4-12H2,(H2,29,33)(H,30,32)/t13?,14?,15?,19-,20?,23?/m1/s1. The van der Waals surface area contributed by atoms with Crippen LogP contribution in [0.1, 0.15) is 43.2 Å². The average molecular weight is 484 g/mol. The lowest BCUT2D eigenvalue weighted by Crippen LogP contribution is -2.63. The first-order valence-electron chi connectivity index (χ1n) is 11.8. The molecule has 6 rings (SSSR count). The second kappa shape index (κ2) is 8.48. The van der Waals surface area contributed by atoms with Crippen molar-refractivity contribution in [1.82, 2.24) is 10.2 Å². The lowest BCUT2D eigenvalue weighted by atomic mass is 9.47. The number of carbonyl (C=O) groups is 2. The Labute approximate surface area is 195 Å². The summed E-state index contributed by atoms with van der Waals surface area (Å²) in [5.41, 5.74) is 3.86. The van der Waals surface area contributed by atoms with Crippen LogP contribution in [0.5, 0.6) is 0 Å². The number of morpholine rings is 1. The van der Waals surface area contributed by atoms with Crippen molar-refractivity contribution in [2.45, 2.75) is 57.0 Å². The molecule has 1 saturated heterocycles. The predicted octanol–water partition coefficient (Wildman–Crippen LogP) is 2.84. The van der Waals surface area contributed by atoms with Gasteiger partial charge in [0.15, 0.2) is 0 Å². The zero-order valence-corrected chi connectivity index (χ0v) is 18.7. The van der Waals surface area contributed by atoms with Gasteiger partial charge in [0.05, 0.1) is 12.2 Å². The molecule has 5 aliphatic rings. The Bertz CT molecular complexity index is 969. The monoisotopic (exact) mass is 483 g/mol. The average Bonchev–Trinajstić information content (AvgIpc) is 2.76. The summed E-state index contributed by atoms with van der Waals surface area (Å²) in [5, 5.41) is 3.12. The molecule has 1 aromatic rings. The number of nitrogens with zero attached hydrogens (tertiary/aromatic N) is 1. The summed E-state index contributed by atoms with van der Waals surface area (Å²) >= 11 is 0. The van der Waals surface area contributed by atoms with Gasteiger partial charge in [-0.15, -0.1) is 0 Å². The van der Waals surface area contributed by atoms with Crippen molar-refractivity contribution in [2.24, 2.45) is 28.9 Å². The van der Waals surface area contributed by atoms with Gasteiger partial charge in [0.2, 0.25) is 5.91 Å². The van der Waals surface area contributed by atoms with Gasteiger partial charge < -0.3 is 15.8 Å². The fourth-order valence-corrected chi connectivity index (χ4v) is 7.03. The molecule has 2 unspecified atom stereocenters. The Morgan fingerprint density at radius 3 is 2.53 bits per heavy atom. The maximum absolute atomic E-state index is 14.3. The van der Waals surface area contributed by atoms with Crippen LogP contribution in [0, 0.1) is 29.0 Å². The summed E-state index contributed by atoms with van der Waals surface area (Å²) in [6.45, 7) is 0.282. The van der Waals surface area contributed by atoms with Crippen LogP contribution < -0.4 is 11.1 Å². The first kappa shape index (κ1) is 23.5.